The molecule has 2 saturated heterocycles. The molecule has 2 aliphatic heterocycles. The summed E-state index contributed by atoms with van der Waals surface area (Å²) in [7, 11) is 0. The maximum Gasteiger partial charge on any atom is 0.266 e. The highest BCUT2D eigenvalue weighted by Crippen LogP contribution is 2.48. The molecule has 0 saturated carbocycles. The van der Waals surface area contributed by atoms with E-state index in [9.17, 15) is 9.59 Å². The van der Waals surface area contributed by atoms with Gasteiger partial charge in [-0.15, -0.1) is 0 Å². The molecule has 0 aliphatic carbocycles. The second kappa shape index (κ2) is 7.27. The largest absolute Gasteiger partial charge is 0.273 e. The lowest BCUT2D eigenvalue weighted by atomic mass is 9.88. The Hall–Kier alpha value is -3.15. The normalized spacial score (nSPS) is 23.2. The summed E-state index contributed by atoms with van der Waals surface area (Å²) in [5.74, 6) is -1.27. The van der Waals surface area contributed by atoms with E-state index in [-0.39, 0.29) is 11.8 Å². The van der Waals surface area contributed by atoms with E-state index in [0.29, 0.717) is 10.7 Å². The molecule has 150 valence electrons. The highest BCUT2D eigenvalue weighted by molar-refractivity contribution is 6.31. The molecule has 0 N–H and O–H groups in total. The van der Waals surface area contributed by atoms with Crippen LogP contribution in [0.15, 0.2) is 78.9 Å². The van der Waals surface area contributed by atoms with E-state index in [0.717, 1.165) is 16.8 Å². The van der Waals surface area contributed by atoms with Crippen LogP contribution in [0.25, 0.3) is 0 Å². The molecule has 5 nitrogen and oxygen atoms in total. The van der Waals surface area contributed by atoms with Gasteiger partial charge in [-0.05, 0) is 54.4 Å². The van der Waals surface area contributed by atoms with Gasteiger partial charge in [-0.2, -0.15) is 0 Å². The van der Waals surface area contributed by atoms with E-state index < -0.39 is 18.1 Å². The van der Waals surface area contributed by atoms with Crippen molar-refractivity contribution < 1.29 is 14.4 Å². The number of carbonyl (C=O) groups is 2. The zero-order chi connectivity index (χ0) is 20.8. The Kier molecular flexibility index (Phi) is 4.57. The molecular formula is C24H19ClN2O3. The van der Waals surface area contributed by atoms with E-state index in [1.54, 1.807) is 29.3 Å². The predicted octanol–water partition coefficient (Wildman–Crippen LogP) is 4.70. The fourth-order valence-corrected chi connectivity index (χ4v) is 4.42. The number of halogens is 1. The standard InChI is InChI=1S/C24H19ClN2O3/c1-15-7-5-6-10-19(15)21-20-22(30-27(21)18-8-3-2-4-9-18)24(29)26(23(20)28)17-13-11-16(25)12-14-17/h2-14,20-22H,1H3/t20-,21+,22-/m1/s1. The number of hydrogen-bond donors (Lipinski definition) is 0. The summed E-state index contributed by atoms with van der Waals surface area (Å²) >= 11 is 5.97. The molecule has 2 fully saturated rings. The van der Waals surface area contributed by atoms with Gasteiger partial charge in [-0.25, -0.2) is 9.96 Å². The molecule has 0 aromatic heterocycles. The van der Waals surface area contributed by atoms with Crippen LogP contribution in [-0.2, 0) is 14.4 Å². The zero-order valence-corrected chi connectivity index (χ0v) is 17.0. The molecule has 2 heterocycles. The van der Waals surface area contributed by atoms with Crippen molar-refractivity contribution in [2.45, 2.75) is 19.1 Å². The van der Waals surface area contributed by atoms with Gasteiger partial charge < -0.3 is 0 Å². The number of anilines is 2. The Balaban J connectivity index is 1.60. The second-order valence-corrected chi connectivity index (χ2v) is 7.94. The maximum absolute atomic E-state index is 13.5. The van der Waals surface area contributed by atoms with Crippen LogP contribution in [0.5, 0.6) is 0 Å². The van der Waals surface area contributed by atoms with Crippen molar-refractivity contribution >= 4 is 34.8 Å². The number of nitrogens with zero attached hydrogens (tertiary/aromatic N) is 2. The minimum Gasteiger partial charge on any atom is -0.273 e. The van der Waals surface area contributed by atoms with Crippen LogP contribution in [0.2, 0.25) is 5.02 Å². The maximum atomic E-state index is 13.5. The Labute approximate surface area is 179 Å². The molecule has 0 radical (unpaired) electrons. The summed E-state index contributed by atoms with van der Waals surface area (Å²) in [6.07, 6.45) is -0.877. The Morgan fingerprint density at radius 3 is 2.17 bits per heavy atom. The number of hydroxylamine groups is 1. The Morgan fingerprint density at radius 2 is 1.47 bits per heavy atom. The lowest BCUT2D eigenvalue weighted by molar-refractivity contribution is -0.126. The van der Waals surface area contributed by atoms with E-state index in [4.69, 9.17) is 16.4 Å². The summed E-state index contributed by atoms with van der Waals surface area (Å²) in [5, 5.41) is 2.26. The number of imide groups is 1. The van der Waals surface area contributed by atoms with Gasteiger partial charge in [0.05, 0.1) is 17.4 Å². The van der Waals surface area contributed by atoms with Gasteiger partial charge >= 0.3 is 0 Å². The van der Waals surface area contributed by atoms with Gasteiger partial charge in [0.25, 0.3) is 5.91 Å². The Bertz CT molecular complexity index is 1120. The van der Waals surface area contributed by atoms with Crippen molar-refractivity contribution in [3.8, 4) is 0 Å². The molecule has 0 unspecified atom stereocenters. The van der Waals surface area contributed by atoms with Crippen molar-refractivity contribution in [3.63, 3.8) is 0 Å². The highest BCUT2D eigenvalue weighted by atomic mass is 35.5. The first-order valence-corrected chi connectivity index (χ1v) is 10.1. The lowest BCUT2D eigenvalue weighted by Gasteiger charge is -2.29. The average Bonchev–Trinajstić information content (AvgIpc) is 3.26. The minimum absolute atomic E-state index is 0.265. The number of fused-ring (bicyclic) bond motifs is 1. The first-order chi connectivity index (χ1) is 14.6. The molecule has 5 rings (SSSR count). The van der Waals surface area contributed by atoms with E-state index in [1.807, 2.05) is 61.5 Å². The van der Waals surface area contributed by atoms with E-state index in [1.165, 1.54) is 4.90 Å². The molecule has 3 atom stereocenters. The predicted molar refractivity (Wildman–Crippen MR) is 115 cm³/mol. The summed E-state index contributed by atoms with van der Waals surface area (Å²) < 4.78 is 0. The van der Waals surface area contributed by atoms with E-state index in [2.05, 4.69) is 0 Å². The number of benzene rings is 3. The van der Waals surface area contributed by atoms with Crippen LogP contribution in [0, 0.1) is 12.8 Å². The fourth-order valence-electron chi connectivity index (χ4n) is 4.29. The molecule has 6 heteroatoms. The third kappa shape index (κ3) is 2.90. The summed E-state index contributed by atoms with van der Waals surface area (Å²) in [6, 6.07) is 23.7. The van der Waals surface area contributed by atoms with E-state index >= 15 is 0 Å². The monoisotopic (exact) mass is 418 g/mol. The summed E-state index contributed by atoms with van der Waals surface area (Å²) in [5.41, 5.74) is 3.31. The quantitative estimate of drug-likeness (QED) is 0.578. The number of hydrogen-bond acceptors (Lipinski definition) is 4. The van der Waals surface area contributed by atoms with Crippen LogP contribution in [0.1, 0.15) is 17.2 Å². The average molecular weight is 419 g/mol. The molecule has 3 aromatic carbocycles. The van der Waals surface area contributed by atoms with Crippen molar-refractivity contribution in [1.82, 2.24) is 0 Å². The van der Waals surface area contributed by atoms with Crippen LogP contribution < -0.4 is 9.96 Å². The van der Waals surface area contributed by atoms with Crippen molar-refractivity contribution in [3.05, 3.63) is 95.0 Å². The lowest BCUT2D eigenvalue weighted by Crippen LogP contribution is -2.37. The second-order valence-electron chi connectivity index (χ2n) is 7.50. The third-order valence-electron chi connectivity index (χ3n) is 5.72. The molecule has 0 bridgehead atoms. The number of aryl methyl sites for hydroxylation is 1. The Morgan fingerprint density at radius 1 is 0.800 bits per heavy atom. The number of rotatable bonds is 3. The number of carbonyl (C=O) groups excluding carboxylic acids is 2. The summed E-state index contributed by atoms with van der Waals surface area (Å²) in [4.78, 5) is 34.1. The van der Waals surface area contributed by atoms with Gasteiger partial charge in [0, 0.05) is 5.02 Å². The SMILES string of the molecule is Cc1ccccc1[C@H]1[C@H]2C(=O)N(c3ccc(Cl)cc3)C(=O)[C@@H]2ON1c1ccccc1. The molecular weight excluding hydrogens is 400 g/mol. The van der Waals surface area contributed by atoms with Crippen LogP contribution in [0.3, 0.4) is 0 Å². The van der Waals surface area contributed by atoms with Gasteiger partial charge in [0.1, 0.15) is 5.92 Å². The number of para-hydroxylation sites is 1. The first-order valence-electron chi connectivity index (χ1n) is 9.76. The smallest absolute Gasteiger partial charge is 0.266 e. The molecule has 0 spiro atoms. The van der Waals surface area contributed by atoms with Crippen molar-refractivity contribution in [2.24, 2.45) is 5.92 Å². The van der Waals surface area contributed by atoms with Gasteiger partial charge in [0.2, 0.25) is 5.91 Å². The van der Waals surface area contributed by atoms with Crippen LogP contribution in [0.4, 0.5) is 11.4 Å². The fraction of sp³-hybridized carbons (Fsp3) is 0.167. The zero-order valence-electron chi connectivity index (χ0n) is 16.2. The van der Waals surface area contributed by atoms with Gasteiger partial charge in [0.15, 0.2) is 6.10 Å². The van der Waals surface area contributed by atoms with Gasteiger partial charge in [-0.1, -0.05) is 54.1 Å². The molecule has 30 heavy (non-hydrogen) atoms. The topological polar surface area (TPSA) is 49.9 Å². The highest BCUT2D eigenvalue weighted by Gasteiger charge is 2.60. The minimum atomic E-state index is -0.877. The molecule has 3 aromatic rings. The van der Waals surface area contributed by atoms with Gasteiger partial charge in [-0.3, -0.25) is 14.4 Å². The molecule has 2 amide bonds. The summed E-state index contributed by atoms with van der Waals surface area (Å²) in [6.45, 7) is 2.00. The molecule has 2 aliphatic rings. The van der Waals surface area contributed by atoms with Crippen molar-refractivity contribution in [1.29, 1.82) is 0 Å². The van der Waals surface area contributed by atoms with Crippen molar-refractivity contribution in [2.75, 3.05) is 9.96 Å². The van der Waals surface area contributed by atoms with Crippen LogP contribution in [-0.4, -0.2) is 17.9 Å². The number of amides is 2. The third-order valence-corrected chi connectivity index (χ3v) is 5.97. The van der Waals surface area contributed by atoms with Crippen LogP contribution >= 0.6 is 11.6 Å². The first kappa shape index (κ1) is 18.9.